The standard InChI is InChI=1S/C23H25N3O4/c1-29-20-14-17(23(28)26-10-4-3-5-11-26)13-19(21(20)30-2)25-22(27)16-7-6-15-8-9-24-18(15)12-16/h6-9,12-14,24H,3-5,10-11H2,1-2H3,(H,25,27). The third-order valence-electron chi connectivity index (χ3n) is 5.43. The third-order valence-corrected chi connectivity index (χ3v) is 5.43. The molecule has 0 bridgehead atoms. The van der Waals surface area contributed by atoms with Crippen LogP contribution in [-0.2, 0) is 0 Å². The van der Waals surface area contributed by atoms with Gasteiger partial charge in [0.15, 0.2) is 11.5 Å². The summed E-state index contributed by atoms with van der Waals surface area (Å²) in [5.74, 6) is 0.408. The summed E-state index contributed by atoms with van der Waals surface area (Å²) in [5.41, 5.74) is 2.23. The van der Waals surface area contributed by atoms with Crippen molar-refractivity contribution in [3.63, 3.8) is 0 Å². The van der Waals surface area contributed by atoms with Crippen molar-refractivity contribution in [3.8, 4) is 11.5 Å². The molecule has 30 heavy (non-hydrogen) atoms. The minimum atomic E-state index is -0.297. The summed E-state index contributed by atoms with van der Waals surface area (Å²) in [6, 6.07) is 10.7. The number of methoxy groups -OCH3 is 2. The SMILES string of the molecule is COc1cc(C(=O)N2CCCCC2)cc(NC(=O)c2ccc3cc[nH]c3c2)c1OC. The zero-order chi connectivity index (χ0) is 21.1. The van der Waals surface area contributed by atoms with Gasteiger partial charge in [-0.2, -0.15) is 0 Å². The van der Waals surface area contributed by atoms with E-state index in [1.54, 1.807) is 24.3 Å². The Balaban J connectivity index is 1.66. The number of nitrogens with one attached hydrogen (secondary N) is 2. The summed E-state index contributed by atoms with van der Waals surface area (Å²) in [5, 5.41) is 3.91. The number of rotatable bonds is 5. The van der Waals surface area contributed by atoms with Gasteiger partial charge >= 0.3 is 0 Å². The molecule has 1 aliphatic heterocycles. The normalized spacial score (nSPS) is 13.9. The summed E-state index contributed by atoms with van der Waals surface area (Å²) >= 11 is 0. The first-order chi connectivity index (χ1) is 14.6. The van der Waals surface area contributed by atoms with Gasteiger partial charge in [0.1, 0.15) is 0 Å². The van der Waals surface area contributed by atoms with E-state index in [2.05, 4.69) is 10.3 Å². The molecule has 7 heteroatoms. The molecule has 156 valence electrons. The van der Waals surface area contributed by atoms with E-state index in [1.165, 1.54) is 14.2 Å². The number of H-pyrrole nitrogens is 1. The maximum Gasteiger partial charge on any atom is 0.255 e. The number of aromatic nitrogens is 1. The number of piperidine rings is 1. The van der Waals surface area contributed by atoms with Crippen LogP contribution in [0.3, 0.4) is 0 Å². The van der Waals surface area contributed by atoms with Crippen LogP contribution in [0.1, 0.15) is 40.0 Å². The minimum absolute atomic E-state index is 0.0704. The summed E-state index contributed by atoms with van der Waals surface area (Å²) in [7, 11) is 3.02. The van der Waals surface area contributed by atoms with Crippen LogP contribution in [0.5, 0.6) is 11.5 Å². The molecule has 0 aliphatic carbocycles. The lowest BCUT2D eigenvalue weighted by Gasteiger charge is -2.27. The Morgan fingerprint density at radius 1 is 0.967 bits per heavy atom. The predicted molar refractivity (Wildman–Crippen MR) is 116 cm³/mol. The number of benzene rings is 2. The van der Waals surface area contributed by atoms with Gasteiger partial charge in [-0.25, -0.2) is 0 Å². The van der Waals surface area contributed by atoms with Crippen molar-refractivity contribution in [1.29, 1.82) is 0 Å². The highest BCUT2D eigenvalue weighted by molar-refractivity contribution is 6.08. The van der Waals surface area contributed by atoms with Gasteiger partial charge in [0, 0.05) is 35.9 Å². The molecule has 0 saturated carbocycles. The molecule has 4 rings (SSSR count). The number of fused-ring (bicyclic) bond motifs is 1. The van der Waals surface area contributed by atoms with Gasteiger partial charge in [-0.15, -0.1) is 0 Å². The van der Waals surface area contributed by atoms with Gasteiger partial charge < -0.3 is 24.7 Å². The fraction of sp³-hybridized carbons (Fsp3) is 0.304. The van der Waals surface area contributed by atoms with Crippen molar-refractivity contribution in [2.75, 3.05) is 32.6 Å². The molecule has 0 unspecified atom stereocenters. The Hall–Kier alpha value is -3.48. The van der Waals surface area contributed by atoms with Crippen LogP contribution < -0.4 is 14.8 Å². The smallest absolute Gasteiger partial charge is 0.255 e. The zero-order valence-corrected chi connectivity index (χ0v) is 17.2. The number of anilines is 1. The number of amides is 2. The Morgan fingerprint density at radius 2 is 1.77 bits per heavy atom. The lowest BCUT2D eigenvalue weighted by atomic mass is 10.1. The number of nitrogens with zero attached hydrogens (tertiary/aromatic N) is 1. The van der Waals surface area contributed by atoms with E-state index in [4.69, 9.17) is 9.47 Å². The first-order valence-electron chi connectivity index (χ1n) is 10.0. The second-order valence-electron chi connectivity index (χ2n) is 7.35. The Kier molecular flexibility index (Phi) is 5.61. The van der Waals surface area contributed by atoms with Gasteiger partial charge in [0.05, 0.1) is 19.9 Å². The summed E-state index contributed by atoms with van der Waals surface area (Å²) < 4.78 is 10.9. The zero-order valence-electron chi connectivity index (χ0n) is 17.2. The van der Waals surface area contributed by atoms with Crippen LogP contribution >= 0.6 is 0 Å². The lowest BCUT2D eigenvalue weighted by molar-refractivity contribution is 0.0723. The van der Waals surface area contributed by atoms with Crippen LogP contribution in [0.4, 0.5) is 5.69 Å². The van der Waals surface area contributed by atoms with Crippen LogP contribution in [0.15, 0.2) is 42.6 Å². The van der Waals surface area contributed by atoms with Crippen molar-refractivity contribution >= 4 is 28.4 Å². The van der Waals surface area contributed by atoms with Gasteiger partial charge in [0.2, 0.25) is 0 Å². The van der Waals surface area contributed by atoms with Gasteiger partial charge in [-0.1, -0.05) is 6.07 Å². The summed E-state index contributed by atoms with van der Waals surface area (Å²) in [6.45, 7) is 1.48. The van der Waals surface area contributed by atoms with E-state index in [1.807, 2.05) is 23.2 Å². The van der Waals surface area contributed by atoms with E-state index in [0.717, 1.165) is 43.3 Å². The maximum absolute atomic E-state index is 13.0. The van der Waals surface area contributed by atoms with E-state index in [0.29, 0.717) is 28.3 Å². The molecule has 0 atom stereocenters. The molecule has 0 radical (unpaired) electrons. The minimum Gasteiger partial charge on any atom is -0.493 e. The van der Waals surface area contributed by atoms with Crippen LogP contribution in [0.2, 0.25) is 0 Å². The monoisotopic (exact) mass is 407 g/mol. The van der Waals surface area contributed by atoms with Crippen molar-refractivity contribution in [3.05, 3.63) is 53.7 Å². The Morgan fingerprint density at radius 3 is 2.50 bits per heavy atom. The number of aromatic amines is 1. The molecule has 1 aromatic heterocycles. The van der Waals surface area contributed by atoms with Crippen molar-refractivity contribution < 1.29 is 19.1 Å². The largest absolute Gasteiger partial charge is 0.493 e. The molecule has 2 amide bonds. The molecule has 2 heterocycles. The molecule has 0 spiro atoms. The average Bonchev–Trinajstić information content (AvgIpc) is 3.26. The first-order valence-corrected chi connectivity index (χ1v) is 10.0. The van der Waals surface area contributed by atoms with Crippen molar-refractivity contribution in [1.82, 2.24) is 9.88 Å². The average molecular weight is 407 g/mol. The number of hydrogen-bond donors (Lipinski definition) is 2. The molecule has 1 saturated heterocycles. The van der Waals surface area contributed by atoms with Crippen molar-refractivity contribution in [2.24, 2.45) is 0 Å². The molecular formula is C23H25N3O4. The molecule has 7 nitrogen and oxygen atoms in total. The van der Waals surface area contributed by atoms with Crippen LogP contribution in [0.25, 0.3) is 10.9 Å². The van der Waals surface area contributed by atoms with E-state index >= 15 is 0 Å². The number of hydrogen-bond acceptors (Lipinski definition) is 4. The van der Waals surface area contributed by atoms with Gasteiger partial charge in [0.25, 0.3) is 11.8 Å². The highest BCUT2D eigenvalue weighted by atomic mass is 16.5. The lowest BCUT2D eigenvalue weighted by Crippen LogP contribution is -2.35. The fourth-order valence-corrected chi connectivity index (χ4v) is 3.84. The summed E-state index contributed by atoms with van der Waals surface area (Å²) in [4.78, 5) is 30.9. The molecule has 3 aromatic rings. The Bertz CT molecular complexity index is 1080. The van der Waals surface area contributed by atoms with Crippen molar-refractivity contribution in [2.45, 2.75) is 19.3 Å². The highest BCUT2D eigenvalue weighted by Crippen LogP contribution is 2.37. The number of carbonyl (C=O) groups excluding carboxylic acids is 2. The topological polar surface area (TPSA) is 83.7 Å². The Labute approximate surface area is 175 Å². The van der Waals surface area contributed by atoms with Crippen LogP contribution in [-0.4, -0.2) is 49.0 Å². The van der Waals surface area contributed by atoms with E-state index < -0.39 is 0 Å². The number of likely N-dealkylation sites (tertiary alicyclic amines) is 1. The number of ether oxygens (including phenoxy) is 2. The maximum atomic E-state index is 13.0. The second-order valence-corrected chi connectivity index (χ2v) is 7.35. The fourth-order valence-electron chi connectivity index (χ4n) is 3.84. The van der Waals surface area contributed by atoms with E-state index in [9.17, 15) is 9.59 Å². The molecule has 1 aliphatic rings. The third kappa shape index (κ3) is 3.83. The second kappa shape index (κ2) is 8.49. The molecule has 1 fully saturated rings. The number of carbonyl (C=O) groups is 2. The first kappa shape index (κ1) is 19.8. The van der Waals surface area contributed by atoms with E-state index in [-0.39, 0.29) is 11.8 Å². The van der Waals surface area contributed by atoms with Gasteiger partial charge in [-0.3, -0.25) is 9.59 Å². The molecular weight excluding hydrogens is 382 g/mol. The van der Waals surface area contributed by atoms with Crippen LogP contribution in [0, 0.1) is 0 Å². The quantitative estimate of drug-likeness (QED) is 0.668. The predicted octanol–water partition coefficient (Wildman–Crippen LogP) is 4.06. The van der Waals surface area contributed by atoms with Gasteiger partial charge in [-0.05, 0) is 55.0 Å². The molecule has 2 aromatic carbocycles. The molecule has 2 N–H and O–H groups in total. The summed E-state index contributed by atoms with van der Waals surface area (Å²) in [6.07, 6.45) is 4.98. The highest BCUT2D eigenvalue weighted by Gasteiger charge is 2.23.